The number of likely N-dealkylation sites (N-methyl/N-ethyl adjacent to an activating group) is 1. The number of rotatable bonds is 9. The lowest BCUT2D eigenvalue weighted by Gasteiger charge is -2.25. The summed E-state index contributed by atoms with van der Waals surface area (Å²) in [6, 6.07) is 18.4. The molecule has 0 saturated carbocycles. The predicted octanol–water partition coefficient (Wildman–Crippen LogP) is 5.68. The molecule has 1 aromatic heterocycles. The van der Waals surface area contributed by atoms with Gasteiger partial charge in [-0.05, 0) is 48.0 Å². The molecule has 1 heterocycles. The summed E-state index contributed by atoms with van der Waals surface area (Å²) >= 11 is 1.57. The minimum atomic E-state index is 0.0641. The molecule has 0 atom stereocenters. The second kappa shape index (κ2) is 10.3. The van der Waals surface area contributed by atoms with E-state index in [1.54, 1.807) is 18.4 Å². The summed E-state index contributed by atoms with van der Waals surface area (Å²) in [6.45, 7) is 9.69. The third-order valence-electron chi connectivity index (χ3n) is 6.20. The Morgan fingerprint density at radius 2 is 1.76 bits per heavy atom. The van der Waals surface area contributed by atoms with Crippen LogP contribution in [-0.4, -0.2) is 49.1 Å². The fourth-order valence-corrected chi connectivity index (χ4v) is 5.29. The quantitative estimate of drug-likeness (QED) is 0.321. The molecule has 4 aromatic rings. The van der Waals surface area contributed by atoms with Crippen molar-refractivity contribution < 1.29 is 9.53 Å². The smallest absolute Gasteiger partial charge is 0.233 e. The van der Waals surface area contributed by atoms with Crippen LogP contribution in [0.5, 0.6) is 5.75 Å². The molecule has 6 heteroatoms. The maximum Gasteiger partial charge on any atom is 0.233 e. The molecule has 5 nitrogen and oxygen atoms in total. The molecule has 0 aliphatic carbocycles. The average molecular weight is 462 g/mol. The first kappa shape index (κ1) is 23.2. The molecule has 0 radical (unpaired) electrons. The van der Waals surface area contributed by atoms with Gasteiger partial charge in [-0.3, -0.25) is 9.69 Å². The van der Waals surface area contributed by atoms with Crippen LogP contribution >= 0.6 is 11.3 Å². The van der Waals surface area contributed by atoms with Crippen LogP contribution in [0.4, 0.5) is 5.13 Å². The van der Waals surface area contributed by atoms with Gasteiger partial charge in [-0.25, -0.2) is 4.98 Å². The van der Waals surface area contributed by atoms with E-state index < -0.39 is 0 Å². The Morgan fingerprint density at radius 1 is 1.00 bits per heavy atom. The number of carbonyl (C=O) groups is 1. The number of benzene rings is 3. The van der Waals surface area contributed by atoms with Gasteiger partial charge in [-0.1, -0.05) is 73.7 Å². The lowest BCUT2D eigenvalue weighted by Crippen LogP contribution is -2.39. The predicted molar refractivity (Wildman–Crippen MR) is 139 cm³/mol. The number of thiazole rings is 1. The van der Waals surface area contributed by atoms with Crippen molar-refractivity contribution in [1.29, 1.82) is 0 Å². The van der Waals surface area contributed by atoms with E-state index in [9.17, 15) is 4.79 Å². The molecule has 0 aliphatic heterocycles. The SMILES string of the molecule is CCN(CC)CCN(C(=O)Cc1cccc2ccccc12)c1nc2c(OC)ccc(C)c2s1. The monoisotopic (exact) mass is 461 g/mol. The van der Waals surface area contributed by atoms with E-state index in [0.717, 1.165) is 62.6 Å². The minimum absolute atomic E-state index is 0.0641. The van der Waals surface area contributed by atoms with E-state index in [4.69, 9.17) is 9.72 Å². The number of fused-ring (bicyclic) bond motifs is 2. The Bertz CT molecular complexity index is 1260. The molecule has 0 unspecified atom stereocenters. The van der Waals surface area contributed by atoms with Gasteiger partial charge in [0.2, 0.25) is 5.91 Å². The molecule has 3 aromatic carbocycles. The van der Waals surface area contributed by atoms with Crippen LogP contribution in [0.3, 0.4) is 0 Å². The van der Waals surface area contributed by atoms with Crippen molar-refractivity contribution in [3.8, 4) is 5.75 Å². The number of amides is 1. The number of nitrogens with zero attached hydrogens (tertiary/aromatic N) is 3. The van der Waals surface area contributed by atoms with Crippen LogP contribution < -0.4 is 9.64 Å². The molecule has 0 bridgehead atoms. The van der Waals surface area contributed by atoms with Crippen LogP contribution in [0.15, 0.2) is 54.6 Å². The maximum absolute atomic E-state index is 13.7. The average Bonchev–Trinajstić information content (AvgIpc) is 3.28. The highest BCUT2D eigenvalue weighted by atomic mass is 32.1. The van der Waals surface area contributed by atoms with E-state index in [1.165, 1.54) is 0 Å². The van der Waals surface area contributed by atoms with Crippen LogP contribution in [-0.2, 0) is 11.2 Å². The zero-order valence-electron chi connectivity index (χ0n) is 19.8. The molecule has 0 N–H and O–H groups in total. The van der Waals surface area contributed by atoms with E-state index in [1.807, 2.05) is 41.3 Å². The molecule has 0 saturated heterocycles. The number of methoxy groups -OCH3 is 1. The number of aromatic nitrogens is 1. The highest BCUT2D eigenvalue weighted by Gasteiger charge is 2.23. The number of anilines is 1. The number of hydrogen-bond donors (Lipinski definition) is 0. The van der Waals surface area contributed by atoms with E-state index in [2.05, 4.69) is 43.9 Å². The van der Waals surface area contributed by atoms with Crippen molar-refractivity contribution in [2.24, 2.45) is 0 Å². The van der Waals surface area contributed by atoms with Gasteiger partial charge >= 0.3 is 0 Å². The van der Waals surface area contributed by atoms with Gasteiger partial charge in [0, 0.05) is 13.1 Å². The van der Waals surface area contributed by atoms with E-state index in [-0.39, 0.29) is 5.91 Å². The van der Waals surface area contributed by atoms with Gasteiger partial charge in [0.1, 0.15) is 11.3 Å². The van der Waals surface area contributed by atoms with Gasteiger partial charge in [0.15, 0.2) is 5.13 Å². The second-order valence-corrected chi connectivity index (χ2v) is 9.12. The first-order valence-corrected chi connectivity index (χ1v) is 12.3. The maximum atomic E-state index is 13.7. The Hall–Kier alpha value is -2.96. The fourth-order valence-electron chi connectivity index (χ4n) is 4.19. The molecule has 1 amide bonds. The van der Waals surface area contributed by atoms with Crippen molar-refractivity contribution in [3.63, 3.8) is 0 Å². The zero-order chi connectivity index (χ0) is 23.4. The van der Waals surface area contributed by atoms with Gasteiger partial charge in [-0.15, -0.1) is 0 Å². The summed E-state index contributed by atoms with van der Waals surface area (Å²) in [5, 5.41) is 3.01. The van der Waals surface area contributed by atoms with E-state index in [0.29, 0.717) is 13.0 Å². The second-order valence-electron chi connectivity index (χ2n) is 8.15. The molecule has 172 valence electrons. The topological polar surface area (TPSA) is 45.7 Å². The molecule has 0 spiro atoms. The van der Waals surface area contributed by atoms with Gasteiger partial charge in [0.25, 0.3) is 0 Å². The molecule has 0 fully saturated rings. The minimum Gasteiger partial charge on any atom is -0.494 e. The fraction of sp³-hybridized carbons (Fsp3) is 0.333. The summed E-state index contributed by atoms with van der Waals surface area (Å²) in [5.74, 6) is 0.803. The Balaban J connectivity index is 1.71. The summed E-state index contributed by atoms with van der Waals surface area (Å²) in [4.78, 5) is 22.8. The van der Waals surface area contributed by atoms with Crippen LogP contribution in [0, 0.1) is 6.92 Å². The summed E-state index contributed by atoms with van der Waals surface area (Å²) in [7, 11) is 1.66. The zero-order valence-corrected chi connectivity index (χ0v) is 20.6. The van der Waals surface area contributed by atoms with Gasteiger partial charge in [-0.2, -0.15) is 0 Å². The normalized spacial score (nSPS) is 11.4. The summed E-state index contributed by atoms with van der Waals surface area (Å²) in [6.07, 6.45) is 0.339. The van der Waals surface area contributed by atoms with Gasteiger partial charge < -0.3 is 9.64 Å². The van der Waals surface area contributed by atoms with Crippen LogP contribution in [0.2, 0.25) is 0 Å². The highest BCUT2D eigenvalue weighted by Crippen LogP contribution is 2.36. The van der Waals surface area contributed by atoms with Gasteiger partial charge in [0.05, 0.1) is 18.2 Å². The highest BCUT2D eigenvalue weighted by molar-refractivity contribution is 7.22. The first-order valence-electron chi connectivity index (χ1n) is 11.5. The lowest BCUT2D eigenvalue weighted by atomic mass is 10.0. The van der Waals surface area contributed by atoms with Crippen molar-refractivity contribution in [1.82, 2.24) is 9.88 Å². The van der Waals surface area contributed by atoms with Crippen molar-refractivity contribution in [2.75, 3.05) is 38.2 Å². The Kier molecular flexibility index (Phi) is 7.26. The number of carbonyl (C=O) groups excluding carboxylic acids is 1. The van der Waals surface area contributed by atoms with Crippen LogP contribution in [0.25, 0.3) is 21.0 Å². The summed E-state index contributed by atoms with van der Waals surface area (Å²) < 4.78 is 6.61. The Morgan fingerprint density at radius 3 is 2.52 bits per heavy atom. The largest absolute Gasteiger partial charge is 0.494 e. The number of ether oxygens (including phenoxy) is 1. The summed E-state index contributed by atoms with van der Waals surface area (Å²) in [5.41, 5.74) is 3.00. The number of aryl methyl sites for hydroxylation is 1. The van der Waals surface area contributed by atoms with Crippen molar-refractivity contribution in [2.45, 2.75) is 27.2 Å². The standard InChI is InChI=1S/C27H31N3O2S/c1-5-29(6-2)16-17-30(27-28-25-23(32-4)15-14-19(3)26(25)33-27)24(31)18-21-12-9-11-20-10-7-8-13-22(20)21/h7-15H,5-6,16-18H2,1-4H3. The molecule has 0 aliphatic rings. The molecule has 33 heavy (non-hydrogen) atoms. The van der Waals surface area contributed by atoms with Crippen LogP contribution in [0.1, 0.15) is 25.0 Å². The Labute approximate surface area is 199 Å². The molecule has 4 rings (SSSR count). The lowest BCUT2D eigenvalue weighted by molar-refractivity contribution is -0.118. The van der Waals surface area contributed by atoms with E-state index >= 15 is 0 Å². The number of hydrogen-bond acceptors (Lipinski definition) is 5. The third kappa shape index (κ3) is 4.87. The molecular weight excluding hydrogens is 430 g/mol. The van der Waals surface area contributed by atoms with Crippen molar-refractivity contribution >= 4 is 43.4 Å². The van der Waals surface area contributed by atoms with Crippen molar-refractivity contribution in [3.05, 3.63) is 65.7 Å². The molecular formula is C27H31N3O2S. The first-order chi connectivity index (χ1) is 16.0. The third-order valence-corrected chi connectivity index (χ3v) is 7.41.